The zero-order valence-corrected chi connectivity index (χ0v) is 21.8. The Morgan fingerprint density at radius 3 is 2.39 bits per heavy atom. The molecular formula is C28H31ClN6O3. The molecule has 38 heavy (non-hydrogen) atoms. The van der Waals surface area contributed by atoms with Crippen molar-refractivity contribution in [2.45, 2.75) is 25.3 Å². The Bertz CT molecular complexity index is 1270. The number of halogens is 1. The summed E-state index contributed by atoms with van der Waals surface area (Å²) in [7, 11) is 0. The average molecular weight is 535 g/mol. The Kier molecular flexibility index (Phi) is 8.05. The van der Waals surface area contributed by atoms with Crippen LogP contribution in [0.3, 0.4) is 0 Å². The second kappa shape index (κ2) is 11.8. The molecule has 0 spiro atoms. The van der Waals surface area contributed by atoms with Crippen LogP contribution in [0.25, 0.3) is 11.4 Å². The van der Waals surface area contributed by atoms with Gasteiger partial charge in [0.05, 0.1) is 17.5 Å². The Morgan fingerprint density at radius 1 is 0.974 bits per heavy atom. The van der Waals surface area contributed by atoms with Crippen molar-refractivity contribution in [2.24, 2.45) is 5.92 Å². The quantitative estimate of drug-likeness (QED) is 0.395. The van der Waals surface area contributed by atoms with Gasteiger partial charge in [-0.15, -0.1) is 0 Å². The van der Waals surface area contributed by atoms with Gasteiger partial charge in [0.2, 0.25) is 11.8 Å². The predicted molar refractivity (Wildman–Crippen MR) is 147 cm³/mol. The summed E-state index contributed by atoms with van der Waals surface area (Å²) in [4.78, 5) is 38.2. The minimum absolute atomic E-state index is 0.0249. The van der Waals surface area contributed by atoms with Gasteiger partial charge >= 0.3 is 0 Å². The zero-order chi connectivity index (χ0) is 26.5. The molecule has 10 heteroatoms. The lowest BCUT2D eigenvalue weighted by Crippen LogP contribution is -2.46. The SMILES string of the molecule is O=C(Nc1ccc(O)c(Cl)c1)[C@@H]1CCN(CC(=O)N2CCC(Nc3ccc(-c4ncccn4)cc3)CC2)C1. The highest BCUT2D eigenvalue weighted by Crippen LogP contribution is 2.27. The molecule has 2 fully saturated rings. The highest BCUT2D eigenvalue weighted by molar-refractivity contribution is 6.32. The molecule has 3 heterocycles. The molecule has 2 aliphatic rings. The number of phenolic OH excluding ortho intramolecular Hbond substituents is 1. The maximum atomic E-state index is 12.9. The third kappa shape index (κ3) is 6.41. The van der Waals surface area contributed by atoms with Crippen LogP contribution in [0.15, 0.2) is 60.9 Å². The summed E-state index contributed by atoms with van der Waals surface area (Å²) < 4.78 is 0. The van der Waals surface area contributed by atoms with Gasteiger partial charge in [0, 0.05) is 55.0 Å². The standard InChI is InChI=1S/C28H31ClN6O3/c29-24-16-23(6-7-25(24)36)33-28(38)20-8-13-34(17-20)18-26(37)35-14-9-22(10-15-35)32-21-4-2-19(3-5-21)27-30-11-1-12-31-27/h1-7,11-12,16,20,22,32,36H,8-10,13-15,17-18H2,(H,33,38)/t20-/m1/s1. The predicted octanol–water partition coefficient (Wildman–Crippen LogP) is 3.87. The number of aromatic nitrogens is 2. The molecule has 0 bridgehead atoms. The van der Waals surface area contributed by atoms with Crippen molar-refractivity contribution >= 4 is 34.8 Å². The first-order valence-electron chi connectivity index (χ1n) is 12.9. The van der Waals surface area contributed by atoms with Crippen molar-refractivity contribution in [3.8, 4) is 17.1 Å². The number of nitrogens with one attached hydrogen (secondary N) is 2. The molecule has 0 saturated carbocycles. The number of carbonyl (C=O) groups is 2. The molecular weight excluding hydrogens is 504 g/mol. The Morgan fingerprint density at radius 2 is 1.68 bits per heavy atom. The Hall–Kier alpha value is -3.69. The number of hydrogen-bond acceptors (Lipinski definition) is 7. The number of nitrogens with zero attached hydrogens (tertiary/aromatic N) is 4. The van der Waals surface area contributed by atoms with E-state index in [2.05, 4.69) is 25.5 Å². The van der Waals surface area contributed by atoms with Gasteiger partial charge in [-0.3, -0.25) is 14.5 Å². The fourth-order valence-corrected chi connectivity index (χ4v) is 5.16. The first-order chi connectivity index (χ1) is 18.4. The number of piperidine rings is 1. The number of amides is 2. The van der Waals surface area contributed by atoms with E-state index in [9.17, 15) is 14.7 Å². The summed E-state index contributed by atoms with van der Waals surface area (Å²) in [6.45, 7) is 3.02. The Labute approximate surface area is 226 Å². The molecule has 2 aliphatic heterocycles. The average Bonchev–Trinajstić information content (AvgIpc) is 3.41. The van der Waals surface area contributed by atoms with Crippen LogP contribution in [0.1, 0.15) is 19.3 Å². The molecule has 1 aromatic heterocycles. The monoisotopic (exact) mass is 534 g/mol. The van der Waals surface area contributed by atoms with Crippen molar-refractivity contribution in [3.63, 3.8) is 0 Å². The molecule has 9 nitrogen and oxygen atoms in total. The van der Waals surface area contributed by atoms with Crippen LogP contribution < -0.4 is 10.6 Å². The van der Waals surface area contributed by atoms with Gasteiger partial charge in [-0.2, -0.15) is 0 Å². The largest absolute Gasteiger partial charge is 0.506 e. The lowest BCUT2D eigenvalue weighted by atomic mass is 10.0. The molecule has 2 aromatic carbocycles. The summed E-state index contributed by atoms with van der Waals surface area (Å²) in [5.41, 5.74) is 2.57. The summed E-state index contributed by atoms with van der Waals surface area (Å²) in [5, 5.41) is 16.2. The van der Waals surface area contributed by atoms with Crippen molar-refractivity contribution in [1.29, 1.82) is 0 Å². The third-order valence-electron chi connectivity index (χ3n) is 7.14. The number of hydrogen-bond donors (Lipinski definition) is 3. The fourth-order valence-electron chi connectivity index (χ4n) is 4.98. The van der Waals surface area contributed by atoms with Gasteiger partial charge < -0.3 is 20.6 Å². The third-order valence-corrected chi connectivity index (χ3v) is 7.45. The maximum Gasteiger partial charge on any atom is 0.236 e. The minimum Gasteiger partial charge on any atom is -0.506 e. The highest BCUT2D eigenvalue weighted by Gasteiger charge is 2.31. The molecule has 1 atom stereocenters. The van der Waals surface area contributed by atoms with Gasteiger partial charge in [0.1, 0.15) is 5.75 Å². The van der Waals surface area contributed by atoms with Crippen molar-refractivity contribution in [2.75, 3.05) is 43.4 Å². The smallest absolute Gasteiger partial charge is 0.236 e. The van der Waals surface area contributed by atoms with Gasteiger partial charge in [-0.25, -0.2) is 9.97 Å². The topological polar surface area (TPSA) is 111 Å². The van der Waals surface area contributed by atoms with Gasteiger partial charge in [-0.1, -0.05) is 11.6 Å². The van der Waals surface area contributed by atoms with E-state index in [0.717, 1.165) is 24.1 Å². The van der Waals surface area contributed by atoms with E-state index < -0.39 is 0 Å². The molecule has 0 unspecified atom stereocenters. The van der Waals surface area contributed by atoms with Crippen molar-refractivity contribution in [3.05, 3.63) is 65.9 Å². The number of anilines is 2. The molecule has 2 amide bonds. The number of phenols is 1. The normalized spacial score (nSPS) is 18.3. The van der Waals surface area contributed by atoms with Crippen LogP contribution in [-0.4, -0.2) is 75.5 Å². The van der Waals surface area contributed by atoms with Crippen LogP contribution >= 0.6 is 11.6 Å². The summed E-state index contributed by atoms with van der Waals surface area (Å²) in [6, 6.07) is 14.8. The van der Waals surface area contributed by atoms with Crippen molar-refractivity contribution < 1.29 is 14.7 Å². The van der Waals surface area contributed by atoms with Crippen molar-refractivity contribution in [1.82, 2.24) is 19.8 Å². The molecule has 5 rings (SSSR count). The fraction of sp³-hybridized carbons (Fsp3) is 0.357. The Balaban J connectivity index is 1.04. The van der Waals surface area contributed by atoms with Crippen LogP contribution in [0.5, 0.6) is 5.75 Å². The lowest BCUT2D eigenvalue weighted by molar-refractivity contribution is -0.133. The molecule has 0 aliphatic carbocycles. The van der Waals surface area contributed by atoms with Gasteiger partial charge in [0.25, 0.3) is 0 Å². The zero-order valence-electron chi connectivity index (χ0n) is 21.0. The molecule has 3 aromatic rings. The first kappa shape index (κ1) is 25.9. The minimum atomic E-state index is -0.190. The molecule has 0 radical (unpaired) electrons. The second-order valence-electron chi connectivity index (χ2n) is 9.83. The summed E-state index contributed by atoms with van der Waals surface area (Å²) >= 11 is 5.93. The summed E-state index contributed by atoms with van der Waals surface area (Å²) in [5.74, 6) is 0.506. The second-order valence-corrected chi connectivity index (χ2v) is 10.2. The van der Waals surface area contributed by atoms with E-state index >= 15 is 0 Å². The van der Waals surface area contributed by atoms with Crippen LogP contribution in [0, 0.1) is 5.92 Å². The van der Waals surface area contributed by atoms with E-state index in [-0.39, 0.29) is 28.5 Å². The number of benzene rings is 2. The number of likely N-dealkylation sites (tertiary alicyclic amines) is 2. The van der Waals surface area contributed by atoms with Crippen LogP contribution in [0.4, 0.5) is 11.4 Å². The van der Waals surface area contributed by atoms with E-state index in [1.54, 1.807) is 24.5 Å². The maximum absolute atomic E-state index is 12.9. The molecule has 198 valence electrons. The molecule has 2 saturated heterocycles. The van der Waals surface area contributed by atoms with E-state index in [1.807, 2.05) is 29.2 Å². The van der Waals surface area contributed by atoms with E-state index in [1.165, 1.54) is 12.1 Å². The van der Waals surface area contributed by atoms with Gasteiger partial charge in [0.15, 0.2) is 5.82 Å². The lowest BCUT2D eigenvalue weighted by Gasteiger charge is -2.34. The molecule has 3 N–H and O–H groups in total. The summed E-state index contributed by atoms with van der Waals surface area (Å²) in [6.07, 6.45) is 5.94. The van der Waals surface area contributed by atoms with Gasteiger partial charge in [-0.05, 0) is 74.3 Å². The number of carbonyl (C=O) groups excluding carboxylic acids is 2. The van der Waals surface area contributed by atoms with E-state index in [4.69, 9.17) is 11.6 Å². The number of rotatable bonds is 7. The highest BCUT2D eigenvalue weighted by atomic mass is 35.5. The van der Waals surface area contributed by atoms with E-state index in [0.29, 0.717) is 56.7 Å². The number of aromatic hydroxyl groups is 1. The van der Waals surface area contributed by atoms with Crippen LogP contribution in [-0.2, 0) is 9.59 Å². The first-order valence-corrected chi connectivity index (χ1v) is 13.3. The van der Waals surface area contributed by atoms with Crippen LogP contribution in [0.2, 0.25) is 5.02 Å².